The Kier molecular flexibility index (Phi) is 6.52. The van der Waals surface area contributed by atoms with Crippen LogP contribution in [-0.4, -0.2) is 41.8 Å². The predicted molar refractivity (Wildman–Crippen MR) is 71.4 cm³/mol. The SMILES string of the molecule is CCOc1ccc(C(=O)CCC(=O)O)cc1OCCO. The minimum absolute atomic E-state index is 0.0667. The quantitative estimate of drug-likeness (QED) is 0.667. The molecule has 20 heavy (non-hydrogen) atoms. The summed E-state index contributed by atoms with van der Waals surface area (Å²) < 4.78 is 10.7. The molecule has 0 atom stereocenters. The lowest BCUT2D eigenvalue weighted by Gasteiger charge is -2.12. The molecule has 2 N–H and O–H groups in total. The van der Waals surface area contributed by atoms with E-state index in [1.165, 1.54) is 6.07 Å². The van der Waals surface area contributed by atoms with Gasteiger partial charge in [0, 0.05) is 12.0 Å². The van der Waals surface area contributed by atoms with E-state index < -0.39 is 5.97 Å². The number of hydrogen-bond donors (Lipinski definition) is 2. The van der Waals surface area contributed by atoms with Crippen molar-refractivity contribution in [2.75, 3.05) is 19.8 Å². The molecule has 0 aliphatic rings. The summed E-state index contributed by atoms with van der Waals surface area (Å²) in [6.45, 7) is 2.21. The molecule has 1 aromatic rings. The van der Waals surface area contributed by atoms with E-state index in [0.29, 0.717) is 23.7 Å². The lowest BCUT2D eigenvalue weighted by atomic mass is 10.1. The normalized spacial score (nSPS) is 10.1. The predicted octanol–water partition coefficient (Wildman–Crippen LogP) is 1.50. The van der Waals surface area contributed by atoms with Crippen LogP contribution in [-0.2, 0) is 4.79 Å². The largest absolute Gasteiger partial charge is 0.490 e. The van der Waals surface area contributed by atoms with Gasteiger partial charge in [-0.2, -0.15) is 0 Å². The van der Waals surface area contributed by atoms with E-state index in [-0.39, 0.29) is 31.8 Å². The Labute approximate surface area is 116 Å². The molecule has 0 saturated carbocycles. The van der Waals surface area contributed by atoms with Crippen molar-refractivity contribution >= 4 is 11.8 Å². The molecule has 6 heteroatoms. The van der Waals surface area contributed by atoms with Crippen LogP contribution in [0.5, 0.6) is 11.5 Å². The summed E-state index contributed by atoms with van der Waals surface area (Å²) in [5.41, 5.74) is 0.364. The fraction of sp³-hybridized carbons (Fsp3) is 0.429. The molecule has 0 spiro atoms. The summed E-state index contributed by atoms with van der Waals surface area (Å²) in [6, 6.07) is 4.68. The van der Waals surface area contributed by atoms with E-state index in [9.17, 15) is 9.59 Å². The van der Waals surface area contributed by atoms with Crippen molar-refractivity contribution in [3.05, 3.63) is 23.8 Å². The highest BCUT2D eigenvalue weighted by Gasteiger charge is 2.13. The lowest BCUT2D eigenvalue weighted by molar-refractivity contribution is -0.136. The summed E-state index contributed by atoms with van der Waals surface area (Å²) in [4.78, 5) is 22.3. The van der Waals surface area contributed by atoms with Crippen molar-refractivity contribution in [3.63, 3.8) is 0 Å². The zero-order valence-electron chi connectivity index (χ0n) is 11.3. The molecule has 0 amide bonds. The van der Waals surface area contributed by atoms with Crippen LogP contribution >= 0.6 is 0 Å². The number of ether oxygens (including phenoxy) is 2. The zero-order chi connectivity index (χ0) is 15.0. The number of benzene rings is 1. The van der Waals surface area contributed by atoms with Crippen molar-refractivity contribution in [1.82, 2.24) is 0 Å². The van der Waals surface area contributed by atoms with Gasteiger partial charge in [-0.1, -0.05) is 0 Å². The number of hydrogen-bond acceptors (Lipinski definition) is 5. The molecule has 0 aliphatic carbocycles. The third-order valence-corrected chi connectivity index (χ3v) is 2.48. The van der Waals surface area contributed by atoms with Crippen molar-refractivity contribution < 1.29 is 29.3 Å². The molecule has 0 radical (unpaired) electrons. The number of rotatable bonds is 9. The number of carboxylic acids is 1. The lowest BCUT2D eigenvalue weighted by Crippen LogP contribution is -2.07. The van der Waals surface area contributed by atoms with Gasteiger partial charge in [-0.25, -0.2) is 0 Å². The smallest absolute Gasteiger partial charge is 0.303 e. The van der Waals surface area contributed by atoms with Gasteiger partial charge in [-0.15, -0.1) is 0 Å². The first kappa shape index (κ1) is 16.0. The zero-order valence-corrected chi connectivity index (χ0v) is 11.3. The molecule has 0 unspecified atom stereocenters. The molecular formula is C14H18O6. The Balaban J connectivity index is 2.86. The van der Waals surface area contributed by atoms with Crippen LogP contribution in [0.15, 0.2) is 18.2 Å². The Morgan fingerprint density at radius 1 is 1.15 bits per heavy atom. The molecule has 110 valence electrons. The van der Waals surface area contributed by atoms with Gasteiger partial charge < -0.3 is 19.7 Å². The summed E-state index contributed by atoms with van der Waals surface area (Å²) in [7, 11) is 0. The average molecular weight is 282 g/mol. The van der Waals surface area contributed by atoms with Crippen molar-refractivity contribution in [3.8, 4) is 11.5 Å². The summed E-state index contributed by atoms with van der Waals surface area (Å²) in [5, 5.41) is 17.3. The number of aliphatic hydroxyl groups excluding tert-OH is 1. The van der Waals surface area contributed by atoms with Crippen LogP contribution in [0.3, 0.4) is 0 Å². The molecule has 0 fully saturated rings. The van der Waals surface area contributed by atoms with Gasteiger partial charge in [0.25, 0.3) is 0 Å². The number of aliphatic carboxylic acids is 1. The first-order valence-corrected chi connectivity index (χ1v) is 6.34. The van der Waals surface area contributed by atoms with Crippen molar-refractivity contribution in [1.29, 1.82) is 0 Å². The van der Waals surface area contributed by atoms with Gasteiger partial charge in [0.05, 0.1) is 19.6 Å². The van der Waals surface area contributed by atoms with E-state index in [1.54, 1.807) is 12.1 Å². The molecule has 0 heterocycles. The van der Waals surface area contributed by atoms with Gasteiger partial charge in [0.15, 0.2) is 17.3 Å². The van der Waals surface area contributed by atoms with Crippen molar-refractivity contribution in [2.24, 2.45) is 0 Å². The third kappa shape index (κ3) is 4.89. The minimum atomic E-state index is -1.01. The number of aliphatic hydroxyl groups is 1. The van der Waals surface area contributed by atoms with Gasteiger partial charge in [0.2, 0.25) is 0 Å². The summed E-state index contributed by atoms with van der Waals surface area (Å²) in [5.74, 6) is -0.442. The highest BCUT2D eigenvalue weighted by molar-refractivity contribution is 5.98. The second-order valence-corrected chi connectivity index (χ2v) is 3.98. The number of carbonyl (C=O) groups excluding carboxylic acids is 1. The number of carboxylic acid groups (broad SMARTS) is 1. The van der Waals surface area contributed by atoms with E-state index in [4.69, 9.17) is 19.7 Å². The number of ketones is 1. The third-order valence-electron chi connectivity index (χ3n) is 2.48. The number of Topliss-reactive ketones (excluding diaryl/α,β-unsaturated/α-hetero) is 1. The van der Waals surface area contributed by atoms with Gasteiger partial charge in [-0.05, 0) is 25.1 Å². The van der Waals surface area contributed by atoms with Crippen LogP contribution in [0.4, 0.5) is 0 Å². The van der Waals surface area contributed by atoms with E-state index in [2.05, 4.69) is 0 Å². The molecule has 1 rings (SSSR count). The molecule has 0 bridgehead atoms. The topological polar surface area (TPSA) is 93.1 Å². The second-order valence-electron chi connectivity index (χ2n) is 3.98. The fourth-order valence-corrected chi connectivity index (χ4v) is 1.59. The monoisotopic (exact) mass is 282 g/mol. The van der Waals surface area contributed by atoms with E-state index in [1.807, 2.05) is 6.92 Å². The Morgan fingerprint density at radius 3 is 2.50 bits per heavy atom. The van der Waals surface area contributed by atoms with Crippen LogP contribution < -0.4 is 9.47 Å². The Hall–Kier alpha value is -2.08. The van der Waals surface area contributed by atoms with Crippen LogP contribution in [0.25, 0.3) is 0 Å². The van der Waals surface area contributed by atoms with Gasteiger partial charge >= 0.3 is 5.97 Å². The molecular weight excluding hydrogens is 264 g/mol. The summed E-state index contributed by atoms with van der Waals surface area (Å²) >= 11 is 0. The minimum Gasteiger partial charge on any atom is -0.490 e. The van der Waals surface area contributed by atoms with Gasteiger partial charge in [-0.3, -0.25) is 9.59 Å². The highest BCUT2D eigenvalue weighted by Crippen LogP contribution is 2.29. The molecule has 6 nitrogen and oxygen atoms in total. The maximum atomic E-state index is 11.8. The Morgan fingerprint density at radius 2 is 1.90 bits per heavy atom. The molecule has 1 aromatic carbocycles. The molecule has 0 aromatic heterocycles. The van der Waals surface area contributed by atoms with Crippen molar-refractivity contribution in [2.45, 2.75) is 19.8 Å². The van der Waals surface area contributed by atoms with E-state index >= 15 is 0 Å². The molecule has 0 aliphatic heterocycles. The number of carbonyl (C=O) groups is 2. The molecule has 0 saturated heterocycles. The van der Waals surface area contributed by atoms with Crippen LogP contribution in [0.1, 0.15) is 30.1 Å². The Bertz CT molecular complexity index is 469. The average Bonchev–Trinajstić information content (AvgIpc) is 2.43. The summed E-state index contributed by atoms with van der Waals surface area (Å²) in [6.07, 6.45) is -0.276. The van der Waals surface area contributed by atoms with Gasteiger partial charge in [0.1, 0.15) is 6.61 Å². The van der Waals surface area contributed by atoms with Crippen LogP contribution in [0, 0.1) is 0 Å². The maximum absolute atomic E-state index is 11.8. The van der Waals surface area contributed by atoms with E-state index in [0.717, 1.165) is 0 Å². The highest BCUT2D eigenvalue weighted by atomic mass is 16.5. The fourth-order valence-electron chi connectivity index (χ4n) is 1.59. The second kappa shape index (κ2) is 8.16. The first-order chi connectivity index (χ1) is 9.58. The van der Waals surface area contributed by atoms with Crippen LogP contribution in [0.2, 0.25) is 0 Å². The standard InChI is InChI=1S/C14H18O6/c1-2-19-12-5-3-10(9-13(12)20-8-7-15)11(16)4-6-14(17)18/h3,5,9,15H,2,4,6-8H2,1H3,(H,17,18). The first-order valence-electron chi connectivity index (χ1n) is 6.34. The maximum Gasteiger partial charge on any atom is 0.303 e.